The van der Waals surface area contributed by atoms with Crippen LogP contribution in [0, 0.1) is 0 Å². The molecule has 6 N–H and O–H groups in total. The quantitative estimate of drug-likeness (QED) is 0.156. The molecule has 174 valence electrons. The third-order valence-electron chi connectivity index (χ3n) is 5.21. The Morgan fingerprint density at radius 1 is 1.12 bits per heavy atom. The van der Waals surface area contributed by atoms with Gasteiger partial charge in [0, 0.05) is 17.8 Å². The summed E-state index contributed by atoms with van der Waals surface area (Å²) in [5.74, 6) is -0.336. The fraction of sp³-hybridized carbons (Fsp3) is 0.286. The molecule has 2 aromatic carbocycles. The van der Waals surface area contributed by atoms with Crippen LogP contribution in [0.4, 0.5) is 0 Å². The monoisotopic (exact) mass is 458 g/mol. The molecule has 0 unspecified atom stereocenters. The number of nitrogens with one attached hydrogen (secondary N) is 1. The highest BCUT2D eigenvalue weighted by Gasteiger charge is 2.44. The van der Waals surface area contributed by atoms with Gasteiger partial charge >= 0.3 is 0 Å². The van der Waals surface area contributed by atoms with E-state index in [-0.39, 0.29) is 0 Å². The normalized spacial score (nSPS) is 25.4. The smallest absolute Gasteiger partial charge is 0.268 e. The van der Waals surface area contributed by atoms with E-state index in [9.17, 15) is 25.2 Å². The van der Waals surface area contributed by atoms with Gasteiger partial charge in [0.25, 0.3) is 5.91 Å². The summed E-state index contributed by atoms with van der Waals surface area (Å²) in [6.07, 6.45) is -2.77. The average molecular weight is 458 g/mol. The van der Waals surface area contributed by atoms with E-state index in [0.29, 0.717) is 11.4 Å². The number of carbonyl (C=O) groups is 1. The van der Waals surface area contributed by atoms with Crippen LogP contribution in [0.25, 0.3) is 28.2 Å². The molecule has 5 atom stereocenters. The van der Waals surface area contributed by atoms with Crippen molar-refractivity contribution >= 4 is 22.9 Å². The maximum atomic E-state index is 11.1. The van der Waals surface area contributed by atoms with Gasteiger partial charge in [-0.2, -0.15) is 0 Å². The molecule has 0 bridgehead atoms. The van der Waals surface area contributed by atoms with Crippen LogP contribution in [-0.4, -0.2) is 83.8 Å². The molecule has 1 fully saturated rings. The van der Waals surface area contributed by atoms with Crippen LogP contribution in [0.5, 0.6) is 5.75 Å². The lowest BCUT2D eigenvalue weighted by molar-refractivity contribution is -0.277. The Morgan fingerprint density at radius 3 is 2.64 bits per heavy atom. The van der Waals surface area contributed by atoms with Gasteiger partial charge in [-0.15, -0.1) is 5.10 Å². The van der Waals surface area contributed by atoms with E-state index >= 15 is 0 Å². The lowest BCUT2D eigenvalue weighted by Gasteiger charge is -2.39. The minimum atomic E-state index is -1.52. The molecule has 1 amide bonds. The fourth-order valence-corrected chi connectivity index (χ4v) is 3.42. The van der Waals surface area contributed by atoms with Gasteiger partial charge < -0.3 is 29.9 Å². The summed E-state index contributed by atoms with van der Waals surface area (Å²) in [7, 11) is 0. The zero-order chi connectivity index (χ0) is 23.5. The van der Waals surface area contributed by atoms with Gasteiger partial charge in [-0.05, 0) is 29.0 Å². The molecule has 0 saturated carbocycles. The molecular formula is C21H22N4O8. The van der Waals surface area contributed by atoms with Crippen LogP contribution >= 0.6 is 0 Å². The first-order valence-electron chi connectivity index (χ1n) is 9.95. The van der Waals surface area contributed by atoms with Crippen molar-refractivity contribution in [2.75, 3.05) is 6.61 Å². The number of carbonyl (C=O) groups excluding carboxylic acids is 1. The van der Waals surface area contributed by atoms with Gasteiger partial charge in [-0.3, -0.25) is 10.0 Å². The third kappa shape index (κ3) is 4.85. The fourth-order valence-electron chi connectivity index (χ4n) is 3.42. The number of fused-ring (bicyclic) bond motifs is 1. The summed E-state index contributed by atoms with van der Waals surface area (Å²) in [6, 6.07) is 10.7. The van der Waals surface area contributed by atoms with Gasteiger partial charge in [-0.1, -0.05) is 23.4 Å². The number of benzene rings is 2. The Labute approximate surface area is 186 Å². The average Bonchev–Trinajstić information content (AvgIpc) is 3.31. The van der Waals surface area contributed by atoms with E-state index in [0.717, 1.165) is 22.4 Å². The lowest BCUT2D eigenvalue weighted by Crippen LogP contribution is -2.60. The molecule has 1 saturated heterocycles. The summed E-state index contributed by atoms with van der Waals surface area (Å²) in [5.41, 5.74) is 2.82. The van der Waals surface area contributed by atoms with E-state index < -0.39 is 43.2 Å². The molecule has 0 spiro atoms. The Morgan fingerprint density at radius 2 is 1.88 bits per heavy atom. The summed E-state index contributed by atoms with van der Waals surface area (Å²) in [4.78, 5) is 11.1. The highest BCUT2D eigenvalue weighted by atomic mass is 16.7. The minimum absolute atomic E-state index is 0.359. The molecule has 12 heteroatoms. The number of hydroxylamine groups is 1. The van der Waals surface area contributed by atoms with E-state index in [2.05, 4.69) is 10.3 Å². The number of nitrogens with zero attached hydrogens (tertiary/aromatic N) is 3. The Balaban J connectivity index is 1.51. The highest BCUT2D eigenvalue weighted by molar-refractivity contribution is 5.89. The summed E-state index contributed by atoms with van der Waals surface area (Å²) < 4.78 is 12.4. The predicted molar refractivity (Wildman–Crippen MR) is 113 cm³/mol. The van der Waals surface area contributed by atoms with Gasteiger partial charge in [0.2, 0.25) is 6.29 Å². The largest absolute Gasteiger partial charge is 0.462 e. The van der Waals surface area contributed by atoms with Crippen molar-refractivity contribution in [3.8, 4) is 17.0 Å². The van der Waals surface area contributed by atoms with Crippen molar-refractivity contribution in [3.05, 3.63) is 48.7 Å². The molecule has 0 radical (unpaired) electrons. The molecule has 1 aliphatic rings. The number of aliphatic hydroxyl groups excluding tert-OH is 4. The molecule has 12 nitrogen and oxygen atoms in total. The predicted octanol–water partition coefficient (Wildman–Crippen LogP) is -0.747. The maximum Gasteiger partial charge on any atom is 0.268 e. The molecule has 3 aromatic rings. The van der Waals surface area contributed by atoms with E-state index in [4.69, 9.17) is 14.7 Å². The molecule has 1 aromatic heterocycles. The zero-order valence-corrected chi connectivity index (χ0v) is 17.1. The number of aliphatic hydroxyl groups is 4. The highest BCUT2D eigenvalue weighted by Crippen LogP contribution is 2.29. The van der Waals surface area contributed by atoms with Crippen LogP contribution in [0.3, 0.4) is 0 Å². The minimum Gasteiger partial charge on any atom is -0.462 e. The number of amides is 1. The number of aromatic nitrogens is 3. The first kappa shape index (κ1) is 22.8. The van der Waals surface area contributed by atoms with Crippen LogP contribution in [0.1, 0.15) is 0 Å². The summed E-state index contributed by atoms with van der Waals surface area (Å²) in [6.45, 7) is -0.541. The van der Waals surface area contributed by atoms with Gasteiger partial charge in [-0.25, -0.2) is 10.2 Å². The van der Waals surface area contributed by atoms with Crippen molar-refractivity contribution in [1.29, 1.82) is 0 Å². The first-order valence-corrected chi connectivity index (χ1v) is 9.95. The van der Waals surface area contributed by atoms with Crippen LogP contribution in [-0.2, 0) is 9.53 Å². The van der Waals surface area contributed by atoms with E-state index in [1.165, 1.54) is 16.4 Å². The van der Waals surface area contributed by atoms with E-state index in [1.807, 2.05) is 18.2 Å². The summed E-state index contributed by atoms with van der Waals surface area (Å²) in [5, 5.41) is 57.4. The number of hydrogen-bond acceptors (Lipinski definition) is 10. The Bertz CT molecular complexity index is 1160. The first-order chi connectivity index (χ1) is 15.9. The maximum absolute atomic E-state index is 11.1. The SMILES string of the molecule is O=C(/C=C/n1cc(-c2ccc3cc(O[C@@H]4O[C@H](CO)[C@@H](O)[C@H](O)[C@H]4O)ccc3c2)nn1)NO. The van der Waals surface area contributed by atoms with Gasteiger partial charge in [0.05, 0.1) is 12.8 Å². The van der Waals surface area contributed by atoms with Crippen molar-refractivity contribution in [1.82, 2.24) is 20.5 Å². The lowest BCUT2D eigenvalue weighted by atomic mass is 9.99. The van der Waals surface area contributed by atoms with Gasteiger partial charge in [0.1, 0.15) is 35.9 Å². The second-order valence-corrected chi connectivity index (χ2v) is 7.41. The Kier molecular flexibility index (Phi) is 6.65. The molecule has 1 aliphatic heterocycles. The Hall–Kier alpha value is -3.39. The molecule has 0 aliphatic carbocycles. The molecular weight excluding hydrogens is 436 g/mol. The zero-order valence-electron chi connectivity index (χ0n) is 17.1. The van der Waals surface area contributed by atoms with Crippen LogP contribution < -0.4 is 10.2 Å². The van der Waals surface area contributed by atoms with Crippen LogP contribution in [0.15, 0.2) is 48.7 Å². The van der Waals surface area contributed by atoms with E-state index in [1.54, 1.807) is 24.4 Å². The number of rotatable bonds is 6. The third-order valence-corrected chi connectivity index (χ3v) is 5.21. The standard InChI is InChI=1S/C21H22N4O8/c26-10-16-18(28)19(29)20(30)21(33-16)32-14-4-3-11-7-13(2-1-12(11)8-14)15-9-25(24-22-15)6-5-17(27)23-31/h1-9,16,18-21,26,28-31H,10H2,(H,23,27)/b6-5+/t16-,18-,19+,20-,21-/m1/s1. The second kappa shape index (κ2) is 9.62. The number of hydrogen-bond donors (Lipinski definition) is 6. The van der Waals surface area contributed by atoms with Crippen molar-refractivity contribution < 1.29 is 39.9 Å². The number of ether oxygens (including phenoxy) is 2. The molecule has 2 heterocycles. The molecule has 33 heavy (non-hydrogen) atoms. The molecule has 4 rings (SSSR count). The van der Waals surface area contributed by atoms with Gasteiger partial charge in [0.15, 0.2) is 0 Å². The van der Waals surface area contributed by atoms with Crippen molar-refractivity contribution in [2.24, 2.45) is 0 Å². The van der Waals surface area contributed by atoms with Crippen molar-refractivity contribution in [3.63, 3.8) is 0 Å². The summed E-state index contributed by atoms with van der Waals surface area (Å²) >= 11 is 0. The topological polar surface area (TPSA) is 179 Å². The van der Waals surface area contributed by atoms with Crippen LogP contribution in [0.2, 0.25) is 0 Å². The second-order valence-electron chi connectivity index (χ2n) is 7.41. The van der Waals surface area contributed by atoms with Crippen molar-refractivity contribution in [2.45, 2.75) is 30.7 Å².